The maximum absolute atomic E-state index is 12.6. The van der Waals surface area contributed by atoms with Crippen LogP contribution in [0.2, 0.25) is 0 Å². The molecule has 12 nitrogen and oxygen atoms in total. The molecule has 269 valence electrons. The summed E-state index contributed by atoms with van der Waals surface area (Å²) in [4.78, 5) is 50.2. The van der Waals surface area contributed by atoms with E-state index in [-0.39, 0.29) is 48.1 Å². The van der Waals surface area contributed by atoms with Gasteiger partial charge < -0.3 is 10.6 Å². The number of carbonyl (C=O) groups excluding carboxylic acids is 2. The highest BCUT2D eigenvalue weighted by molar-refractivity contribution is 6.12. The van der Waals surface area contributed by atoms with Crippen LogP contribution in [0.3, 0.4) is 0 Å². The Kier molecular flexibility index (Phi) is 13.4. The van der Waals surface area contributed by atoms with Crippen molar-refractivity contribution in [2.24, 2.45) is 29.4 Å². The summed E-state index contributed by atoms with van der Waals surface area (Å²) >= 11 is 0. The fraction of sp³-hybridized carbons (Fsp3) is 0.583. The van der Waals surface area contributed by atoms with E-state index in [1.54, 1.807) is 24.3 Å². The van der Waals surface area contributed by atoms with Crippen LogP contribution in [0.25, 0.3) is 0 Å². The molecule has 2 aromatic carbocycles. The minimum atomic E-state index is -1.25. The van der Waals surface area contributed by atoms with E-state index in [4.69, 9.17) is 5.73 Å². The van der Waals surface area contributed by atoms with Gasteiger partial charge in [-0.25, -0.2) is 0 Å². The van der Waals surface area contributed by atoms with Crippen LogP contribution < -0.4 is 5.73 Å². The number of hydrogen-bond acceptors (Lipinski definition) is 9. The maximum Gasteiger partial charge on any atom is 0.269 e. The van der Waals surface area contributed by atoms with Crippen LogP contribution in [-0.4, -0.2) is 72.6 Å². The van der Waals surface area contributed by atoms with Gasteiger partial charge in [-0.15, -0.1) is 0 Å². The molecule has 2 amide bonds. The summed E-state index contributed by atoms with van der Waals surface area (Å²) in [6.07, 6.45) is 9.03. The Morgan fingerprint density at radius 1 is 0.840 bits per heavy atom. The summed E-state index contributed by atoms with van der Waals surface area (Å²) in [6.45, 7) is 8.67. The predicted octanol–water partition coefficient (Wildman–Crippen LogP) is 5.50. The van der Waals surface area contributed by atoms with Crippen molar-refractivity contribution >= 4 is 31.6 Å². The van der Waals surface area contributed by atoms with Crippen molar-refractivity contribution in [2.75, 3.05) is 32.7 Å². The van der Waals surface area contributed by atoms with E-state index < -0.39 is 22.2 Å². The van der Waals surface area contributed by atoms with Gasteiger partial charge in [0.1, 0.15) is 5.41 Å². The highest BCUT2D eigenvalue weighted by Gasteiger charge is 2.79. The number of non-ortho nitro benzene ring substituents is 2. The average molecular weight is 694 g/mol. The molecule has 4 unspecified atom stereocenters. The Bertz CT molecular complexity index is 1580. The molecule has 2 aliphatic carbocycles. The number of benzene rings is 2. The summed E-state index contributed by atoms with van der Waals surface area (Å²) in [5.41, 5.74) is 6.32. The van der Waals surface area contributed by atoms with E-state index in [1.807, 2.05) is 6.07 Å². The molecule has 4 aliphatic rings. The van der Waals surface area contributed by atoms with Crippen molar-refractivity contribution in [3.8, 4) is 6.07 Å². The lowest BCUT2D eigenvalue weighted by Crippen LogP contribution is -2.39. The van der Waals surface area contributed by atoms with E-state index in [9.17, 15) is 35.1 Å². The Hall–Kier alpha value is -4.22. The molecular weight excluding hydrogens is 642 g/mol. The summed E-state index contributed by atoms with van der Waals surface area (Å²) in [5.74, 6) is -0.920. The van der Waals surface area contributed by atoms with Crippen LogP contribution in [-0.2, 0) is 20.4 Å². The van der Waals surface area contributed by atoms with E-state index >= 15 is 0 Å². The quantitative estimate of drug-likeness (QED) is 0.0829. The molecule has 2 aliphatic heterocycles. The number of likely N-dealkylation sites (tertiary alicyclic amines) is 2. The van der Waals surface area contributed by atoms with Crippen molar-refractivity contribution < 1.29 is 25.6 Å². The maximum atomic E-state index is 12.6. The molecule has 3 radical (unpaired) electrons. The molecule has 14 heteroatoms. The standard InChI is InChI=1S/C18H19N3O4.C18H27N3O2.B.FH.H2/c1-2-3-4-5-9-20-16(22)14-15(17(20)23)18(14,11-19)12-7-6-8-13(10-12)21(24)25;1-2-3-4-5-9-20-11-16-17(12-20)18(16,13-19)14-7-6-8-15(10-14)21(22)23;;;/h6-8,10,14-15H,2-5,9H2,1H3;6-8,10,16-17H,2-5,9,11-13,19H2,1H3;;2*1H/i;;;;1+2. The van der Waals surface area contributed by atoms with Gasteiger partial charge in [-0.3, -0.25) is 39.4 Å². The Morgan fingerprint density at radius 2 is 1.32 bits per heavy atom. The number of nitrogens with zero attached hydrogens (tertiary/aromatic N) is 5. The number of piperidine rings is 2. The molecular formula is C36H49BFN6O6. The highest BCUT2D eigenvalue weighted by atomic mass is 19.0. The average Bonchev–Trinajstić information content (AvgIpc) is 3.84. The molecule has 2 N–H and O–H groups in total. The SMILES string of the molecule is CCCCCCN1C(=O)C2C(C1=O)C2(C#N)c1cccc([N+](=O)[O-])c1.CCCCCCN1CC2C(C1)C2(CN)c1cccc([N+](=O)[O-])c1.F.[3HH].[B]. The van der Waals surface area contributed by atoms with Crippen LogP contribution in [0.1, 0.15) is 77.8 Å². The predicted molar refractivity (Wildman–Crippen MR) is 190 cm³/mol. The third kappa shape index (κ3) is 7.16. The number of nitrogens with two attached hydrogens (primary N) is 1. The Labute approximate surface area is 296 Å². The number of nitro benzene ring substituents is 2. The first-order chi connectivity index (χ1) is 23.1. The van der Waals surface area contributed by atoms with E-state index in [1.165, 1.54) is 55.3 Å². The minimum absolute atomic E-state index is 0. The normalized spacial score (nSPS) is 27.1. The summed E-state index contributed by atoms with van der Waals surface area (Å²) in [5, 5.41) is 31.7. The first-order valence-electron chi connectivity index (χ1n) is 17.3. The lowest BCUT2D eigenvalue weighted by Gasteiger charge is -2.26. The number of hydrogen-bond donors (Lipinski definition) is 1. The largest absolute Gasteiger partial charge is 0.330 e. The second kappa shape index (κ2) is 16.7. The molecule has 6 rings (SSSR count). The number of unbranched alkanes of at least 4 members (excludes halogenated alkanes) is 6. The molecule has 0 spiro atoms. The molecule has 2 heterocycles. The Morgan fingerprint density at radius 3 is 1.78 bits per heavy atom. The van der Waals surface area contributed by atoms with Gasteiger partial charge in [0.2, 0.25) is 11.8 Å². The molecule has 2 saturated carbocycles. The molecule has 0 aromatic heterocycles. The second-order valence-electron chi connectivity index (χ2n) is 13.7. The van der Waals surface area contributed by atoms with Crippen molar-refractivity contribution in [3.05, 3.63) is 79.9 Å². The van der Waals surface area contributed by atoms with Gasteiger partial charge >= 0.3 is 0 Å². The first-order valence-corrected chi connectivity index (χ1v) is 17.3. The third-order valence-electron chi connectivity index (χ3n) is 11.1. The Balaban J connectivity index is 0.000000335. The number of imide groups is 1. The number of carbonyl (C=O) groups is 2. The summed E-state index contributed by atoms with van der Waals surface area (Å²) < 4.78 is 0. The zero-order valence-corrected chi connectivity index (χ0v) is 28.9. The number of rotatable bonds is 15. The molecule has 0 bridgehead atoms. The lowest BCUT2D eigenvalue weighted by atomic mass is 9.90. The fourth-order valence-electron chi connectivity index (χ4n) is 8.38. The minimum Gasteiger partial charge on any atom is -0.330 e. The van der Waals surface area contributed by atoms with Gasteiger partial charge in [0.25, 0.3) is 11.4 Å². The van der Waals surface area contributed by atoms with E-state index in [2.05, 4.69) is 24.8 Å². The molecule has 2 saturated heterocycles. The highest BCUT2D eigenvalue weighted by Crippen LogP contribution is 2.65. The zero-order valence-electron chi connectivity index (χ0n) is 28.9. The first kappa shape index (κ1) is 40.2. The van der Waals surface area contributed by atoms with Crippen molar-refractivity contribution in [1.29, 1.82) is 5.26 Å². The van der Waals surface area contributed by atoms with Crippen LogP contribution >= 0.6 is 0 Å². The van der Waals surface area contributed by atoms with Crippen LogP contribution in [0.4, 0.5) is 16.1 Å². The van der Waals surface area contributed by atoms with Crippen molar-refractivity contribution in [3.63, 3.8) is 0 Å². The number of fused-ring (bicyclic) bond motifs is 2. The number of halogens is 1. The smallest absolute Gasteiger partial charge is 0.269 e. The third-order valence-corrected chi connectivity index (χ3v) is 11.1. The number of amides is 2. The molecule has 50 heavy (non-hydrogen) atoms. The summed E-state index contributed by atoms with van der Waals surface area (Å²) in [6, 6.07) is 14.9. The zero-order chi connectivity index (χ0) is 34.6. The number of nitro groups is 2. The van der Waals surface area contributed by atoms with Gasteiger partial charge in [-0.2, -0.15) is 5.26 Å². The van der Waals surface area contributed by atoms with Gasteiger partial charge in [0.15, 0.2) is 0 Å². The number of nitriles is 1. The van der Waals surface area contributed by atoms with E-state index in [0.29, 0.717) is 30.5 Å². The van der Waals surface area contributed by atoms with Crippen LogP contribution in [0.15, 0.2) is 48.5 Å². The second-order valence-corrected chi connectivity index (χ2v) is 13.7. The van der Waals surface area contributed by atoms with E-state index in [0.717, 1.165) is 44.3 Å². The van der Waals surface area contributed by atoms with Gasteiger partial charge in [-0.1, -0.05) is 76.6 Å². The fourth-order valence-corrected chi connectivity index (χ4v) is 8.38. The van der Waals surface area contributed by atoms with Gasteiger partial charge in [0, 0.05) is 65.7 Å². The topological polar surface area (TPSA) is 177 Å². The summed E-state index contributed by atoms with van der Waals surface area (Å²) in [7, 11) is 0. The lowest BCUT2D eigenvalue weighted by molar-refractivity contribution is -0.385. The van der Waals surface area contributed by atoms with Gasteiger partial charge in [0.05, 0.1) is 27.8 Å². The molecule has 4 fully saturated rings. The van der Waals surface area contributed by atoms with Gasteiger partial charge in [-0.05, 0) is 42.3 Å². The van der Waals surface area contributed by atoms with Crippen LogP contribution in [0.5, 0.6) is 0 Å². The molecule has 4 atom stereocenters. The molecule has 2 aromatic rings. The monoisotopic (exact) mass is 693 g/mol. The van der Waals surface area contributed by atoms with Crippen molar-refractivity contribution in [1.82, 2.24) is 9.80 Å². The van der Waals surface area contributed by atoms with Crippen LogP contribution in [0, 0.1) is 55.2 Å². The van der Waals surface area contributed by atoms with Crippen molar-refractivity contribution in [2.45, 2.75) is 76.0 Å².